The summed E-state index contributed by atoms with van der Waals surface area (Å²) in [6, 6.07) is 3.39. The van der Waals surface area contributed by atoms with Crippen molar-refractivity contribution < 1.29 is 15.3 Å². The van der Waals surface area contributed by atoms with Gasteiger partial charge in [0, 0.05) is 12.1 Å². The zero-order valence-electron chi connectivity index (χ0n) is 9.98. The number of anilines is 1. The monoisotopic (exact) mass is 237 g/mol. The van der Waals surface area contributed by atoms with Crippen LogP contribution in [-0.4, -0.2) is 27.5 Å². The zero-order valence-corrected chi connectivity index (χ0v) is 9.98. The van der Waals surface area contributed by atoms with Crippen molar-refractivity contribution in [2.24, 2.45) is 0 Å². The van der Waals surface area contributed by atoms with Crippen LogP contribution < -0.4 is 5.32 Å². The smallest absolute Gasteiger partial charge is 0.142 e. The SMILES string of the molecule is Cc1cc(NC2CCC(O)CC2)c(O)cc1O. The summed E-state index contributed by atoms with van der Waals surface area (Å²) in [7, 11) is 0. The van der Waals surface area contributed by atoms with Gasteiger partial charge in [-0.3, -0.25) is 0 Å². The van der Waals surface area contributed by atoms with E-state index in [1.165, 1.54) is 6.07 Å². The molecular formula is C13H19NO3. The van der Waals surface area contributed by atoms with Gasteiger partial charge in [0.25, 0.3) is 0 Å². The molecule has 4 N–H and O–H groups in total. The molecular weight excluding hydrogens is 218 g/mol. The molecule has 0 unspecified atom stereocenters. The maximum Gasteiger partial charge on any atom is 0.142 e. The van der Waals surface area contributed by atoms with Crippen molar-refractivity contribution in [2.45, 2.75) is 44.8 Å². The van der Waals surface area contributed by atoms with Crippen LogP contribution in [0.25, 0.3) is 0 Å². The molecule has 1 aliphatic carbocycles. The molecule has 1 fully saturated rings. The van der Waals surface area contributed by atoms with Gasteiger partial charge in [0.2, 0.25) is 0 Å². The van der Waals surface area contributed by atoms with E-state index in [-0.39, 0.29) is 23.6 Å². The van der Waals surface area contributed by atoms with Gasteiger partial charge in [-0.25, -0.2) is 0 Å². The summed E-state index contributed by atoms with van der Waals surface area (Å²) in [5.41, 5.74) is 1.39. The third-order valence-corrected chi connectivity index (χ3v) is 3.37. The molecule has 1 aromatic rings. The van der Waals surface area contributed by atoms with E-state index in [1.54, 1.807) is 13.0 Å². The molecule has 2 rings (SSSR count). The molecule has 0 heterocycles. The van der Waals surface area contributed by atoms with Crippen LogP contribution >= 0.6 is 0 Å². The van der Waals surface area contributed by atoms with Gasteiger partial charge in [0.1, 0.15) is 11.5 Å². The molecule has 4 heteroatoms. The average Bonchev–Trinajstić information content (AvgIpc) is 2.29. The van der Waals surface area contributed by atoms with Crippen LogP contribution in [0.2, 0.25) is 0 Å². The number of phenols is 2. The van der Waals surface area contributed by atoms with E-state index in [1.807, 2.05) is 0 Å². The summed E-state index contributed by atoms with van der Waals surface area (Å²) >= 11 is 0. The first-order valence-electron chi connectivity index (χ1n) is 6.03. The Balaban J connectivity index is 2.06. The topological polar surface area (TPSA) is 72.7 Å². The lowest BCUT2D eigenvalue weighted by molar-refractivity contribution is 0.126. The Labute approximate surface area is 101 Å². The minimum absolute atomic E-state index is 0.0687. The van der Waals surface area contributed by atoms with Gasteiger partial charge >= 0.3 is 0 Å². The molecule has 0 radical (unpaired) electrons. The predicted octanol–water partition coefficient (Wildman–Crippen LogP) is 2.12. The standard InChI is InChI=1S/C13H19NO3/c1-8-6-11(13(17)7-12(8)16)14-9-2-4-10(15)5-3-9/h6-7,9-10,14-17H,2-5H2,1H3. The van der Waals surface area contributed by atoms with Gasteiger partial charge in [0.15, 0.2) is 0 Å². The molecule has 0 amide bonds. The Hall–Kier alpha value is -1.42. The Kier molecular flexibility index (Phi) is 3.43. The molecule has 0 aromatic heterocycles. The van der Waals surface area contributed by atoms with Gasteiger partial charge < -0.3 is 20.6 Å². The van der Waals surface area contributed by atoms with Gasteiger partial charge in [-0.15, -0.1) is 0 Å². The van der Waals surface area contributed by atoms with Gasteiger partial charge in [0.05, 0.1) is 11.8 Å². The van der Waals surface area contributed by atoms with Crippen LogP contribution in [-0.2, 0) is 0 Å². The summed E-state index contributed by atoms with van der Waals surface area (Å²) in [6.45, 7) is 1.80. The number of aromatic hydroxyl groups is 2. The maximum atomic E-state index is 9.73. The summed E-state index contributed by atoms with van der Waals surface area (Å²) in [4.78, 5) is 0. The lowest BCUT2D eigenvalue weighted by atomic mass is 9.93. The van der Waals surface area contributed by atoms with Gasteiger partial charge in [-0.2, -0.15) is 0 Å². The van der Waals surface area contributed by atoms with Crippen LogP contribution in [0.15, 0.2) is 12.1 Å². The fourth-order valence-electron chi connectivity index (χ4n) is 2.24. The fourth-order valence-corrected chi connectivity index (χ4v) is 2.24. The second-order valence-electron chi connectivity index (χ2n) is 4.81. The highest BCUT2D eigenvalue weighted by Gasteiger charge is 2.20. The molecule has 94 valence electrons. The highest BCUT2D eigenvalue weighted by Crippen LogP contribution is 2.33. The number of rotatable bonds is 2. The van der Waals surface area contributed by atoms with Gasteiger partial charge in [-0.1, -0.05) is 0 Å². The number of aryl methyl sites for hydroxylation is 1. The first kappa shape index (κ1) is 12.0. The quantitative estimate of drug-likeness (QED) is 0.469. The van der Waals surface area contributed by atoms with Crippen molar-refractivity contribution in [2.75, 3.05) is 5.32 Å². The number of hydrogen-bond donors (Lipinski definition) is 4. The van der Waals surface area contributed by atoms with Crippen molar-refractivity contribution in [3.05, 3.63) is 17.7 Å². The highest BCUT2D eigenvalue weighted by molar-refractivity contribution is 5.61. The van der Waals surface area contributed by atoms with Crippen molar-refractivity contribution in [3.63, 3.8) is 0 Å². The summed E-state index contributed by atoms with van der Waals surface area (Å²) in [5.74, 6) is 0.173. The molecule has 17 heavy (non-hydrogen) atoms. The lowest BCUT2D eigenvalue weighted by Gasteiger charge is -2.27. The Bertz CT molecular complexity index is 398. The Morgan fingerprint density at radius 2 is 1.71 bits per heavy atom. The number of aliphatic hydroxyl groups excluding tert-OH is 1. The molecule has 0 atom stereocenters. The Morgan fingerprint density at radius 3 is 2.35 bits per heavy atom. The molecule has 0 saturated heterocycles. The Morgan fingerprint density at radius 1 is 1.06 bits per heavy atom. The molecule has 1 saturated carbocycles. The predicted molar refractivity (Wildman–Crippen MR) is 66.4 cm³/mol. The number of aliphatic hydroxyl groups is 1. The molecule has 4 nitrogen and oxygen atoms in total. The van der Waals surface area contributed by atoms with Crippen LogP contribution in [0.4, 0.5) is 5.69 Å². The van der Waals surface area contributed by atoms with Crippen molar-refractivity contribution in [1.82, 2.24) is 0 Å². The minimum Gasteiger partial charge on any atom is -0.508 e. The largest absolute Gasteiger partial charge is 0.508 e. The minimum atomic E-state index is -0.178. The van der Waals surface area contributed by atoms with Gasteiger partial charge in [-0.05, 0) is 44.2 Å². The van der Waals surface area contributed by atoms with Crippen molar-refractivity contribution in [1.29, 1.82) is 0 Å². The summed E-state index contributed by atoms with van der Waals surface area (Å²) in [6.07, 6.45) is 3.23. The molecule has 0 bridgehead atoms. The van der Waals surface area contributed by atoms with E-state index in [2.05, 4.69) is 5.32 Å². The normalized spacial score (nSPS) is 24.6. The average molecular weight is 237 g/mol. The van der Waals surface area contributed by atoms with E-state index in [0.29, 0.717) is 5.69 Å². The van der Waals surface area contributed by atoms with Crippen molar-refractivity contribution in [3.8, 4) is 11.5 Å². The van der Waals surface area contributed by atoms with E-state index < -0.39 is 0 Å². The van der Waals surface area contributed by atoms with Crippen molar-refractivity contribution >= 4 is 5.69 Å². The van der Waals surface area contributed by atoms with Crippen LogP contribution in [0, 0.1) is 6.92 Å². The number of phenolic OH excluding ortho intramolecular Hbond substituents is 2. The van der Waals surface area contributed by atoms with E-state index in [0.717, 1.165) is 31.2 Å². The third kappa shape index (κ3) is 2.82. The number of nitrogens with one attached hydrogen (secondary N) is 1. The van der Waals surface area contributed by atoms with Crippen LogP contribution in [0.1, 0.15) is 31.2 Å². The molecule has 1 aliphatic rings. The zero-order chi connectivity index (χ0) is 12.4. The van der Waals surface area contributed by atoms with E-state index in [9.17, 15) is 15.3 Å². The molecule has 0 spiro atoms. The second-order valence-corrected chi connectivity index (χ2v) is 4.81. The summed E-state index contributed by atoms with van der Waals surface area (Å²) < 4.78 is 0. The fraction of sp³-hybridized carbons (Fsp3) is 0.538. The second kappa shape index (κ2) is 4.84. The maximum absolute atomic E-state index is 9.73. The van der Waals surface area contributed by atoms with E-state index in [4.69, 9.17) is 0 Å². The first-order chi connectivity index (χ1) is 8.06. The third-order valence-electron chi connectivity index (χ3n) is 3.37. The molecule has 0 aliphatic heterocycles. The first-order valence-corrected chi connectivity index (χ1v) is 6.03. The highest BCUT2D eigenvalue weighted by atomic mass is 16.3. The summed E-state index contributed by atoms with van der Waals surface area (Å²) in [5, 5.41) is 31.9. The number of benzene rings is 1. The van der Waals surface area contributed by atoms with Crippen LogP contribution in [0.5, 0.6) is 11.5 Å². The molecule has 1 aromatic carbocycles. The number of hydrogen-bond acceptors (Lipinski definition) is 4. The van der Waals surface area contributed by atoms with E-state index >= 15 is 0 Å². The lowest BCUT2D eigenvalue weighted by Crippen LogP contribution is -2.28. The van der Waals surface area contributed by atoms with Crippen LogP contribution in [0.3, 0.4) is 0 Å².